The lowest BCUT2D eigenvalue weighted by Crippen LogP contribution is -2.27. The number of carbonyl (C=O) groups is 1. The van der Waals surface area contributed by atoms with E-state index in [4.69, 9.17) is 10.1 Å². The van der Waals surface area contributed by atoms with Crippen LogP contribution >= 0.6 is 0 Å². The van der Waals surface area contributed by atoms with Gasteiger partial charge in [0, 0.05) is 38.7 Å². The van der Waals surface area contributed by atoms with Crippen LogP contribution < -0.4 is 9.80 Å². The van der Waals surface area contributed by atoms with Gasteiger partial charge >= 0.3 is 5.97 Å². The van der Waals surface area contributed by atoms with Gasteiger partial charge in [0.05, 0.1) is 18.2 Å². The molecule has 2 N–H and O–H groups in total. The van der Waals surface area contributed by atoms with Gasteiger partial charge in [0.15, 0.2) is 0 Å². The summed E-state index contributed by atoms with van der Waals surface area (Å²) >= 11 is 0. The molecule has 0 unspecified atom stereocenters. The first-order chi connectivity index (χ1) is 11.0. The van der Waals surface area contributed by atoms with E-state index in [9.17, 15) is 9.90 Å². The lowest BCUT2D eigenvalue weighted by Gasteiger charge is -2.26. The monoisotopic (exact) mass is 320 g/mol. The average molecular weight is 320 g/mol. The molecule has 3 rings (SSSR count). The Kier molecular flexibility index (Phi) is 4.39. The Labute approximate surface area is 136 Å². The molecule has 1 aromatic rings. The highest BCUT2D eigenvalue weighted by Crippen LogP contribution is 2.33. The molecule has 23 heavy (non-hydrogen) atoms. The molecule has 1 aromatic heterocycles. The number of anilines is 2. The van der Waals surface area contributed by atoms with Gasteiger partial charge < -0.3 is 20.0 Å². The second kappa shape index (κ2) is 6.31. The van der Waals surface area contributed by atoms with E-state index >= 15 is 0 Å². The fourth-order valence-corrected chi connectivity index (χ4v) is 3.48. The maximum atomic E-state index is 11.0. The van der Waals surface area contributed by atoms with Gasteiger partial charge in [0.1, 0.15) is 5.82 Å². The normalized spacial score (nSPS) is 23.7. The van der Waals surface area contributed by atoms with E-state index in [0.29, 0.717) is 19.0 Å². The molecule has 1 fully saturated rings. The van der Waals surface area contributed by atoms with Crippen LogP contribution in [0.15, 0.2) is 0 Å². The summed E-state index contributed by atoms with van der Waals surface area (Å²) in [5, 5.41) is 19.2. The van der Waals surface area contributed by atoms with Crippen LogP contribution in [-0.2, 0) is 17.6 Å². The second-order valence-electron chi connectivity index (χ2n) is 6.70. The third-order valence-electron chi connectivity index (χ3n) is 4.69. The average Bonchev–Trinajstić information content (AvgIpc) is 2.86. The molecular formula is C16H24N4O3. The molecule has 2 aliphatic rings. The van der Waals surface area contributed by atoms with Crippen molar-refractivity contribution in [2.24, 2.45) is 5.92 Å². The van der Waals surface area contributed by atoms with E-state index in [-0.39, 0.29) is 12.3 Å². The van der Waals surface area contributed by atoms with Crippen LogP contribution in [0, 0.1) is 5.92 Å². The van der Waals surface area contributed by atoms with Crippen LogP contribution in [0.1, 0.15) is 30.5 Å². The van der Waals surface area contributed by atoms with E-state index in [1.54, 1.807) is 0 Å². The maximum absolute atomic E-state index is 11.0. The number of hydrogen-bond donors (Lipinski definition) is 2. The van der Waals surface area contributed by atoms with Crippen LogP contribution in [-0.4, -0.2) is 59.4 Å². The summed E-state index contributed by atoms with van der Waals surface area (Å²) in [6.07, 6.45) is 3.55. The van der Waals surface area contributed by atoms with E-state index in [2.05, 4.69) is 4.98 Å². The number of aryl methyl sites for hydroxylation is 1. The summed E-state index contributed by atoms with van der Waals surface area (Å²) in [6, 6.07) is 0. The van der Waals surface area contributed by atoms with Crippen molar-refractivity contribution >= 4 is 17.7 Å². The zero-order valence-electron chi connectivity index (χ0n) is 13.7. The Morgan fingerprint density at radius 2 is 2.00 bits per heavy atom. The van der Waals surface area contributed by atoms with Crippen molar-refractivity contribution in [3.63, 3.8) is 0 Å². The van der Waals surface area contributed by atoms with Crippen molar-refractivity contribution in [3.8, 4) is 0 Å². The lowest BCUT2D eigenvalue weighted by atomic mass is 9.96. The molecule has 2 atom stereocenters. The molecule has 2 heterocycles. The quantitative estimate of drug-likeness (QED) is 0.843. The molecule has 1 aliphatic heterocycles. The SMILES string of the molecule is CN(C)c1nc2c(c(N3C[C@@H](CC(=O)O)[C@H](O)C3)n1)CCCC2. The van der Waals surface area contributed by atoms with Gasteiger partial charge in [-0.3, -0.25) is 4.79 Å². The molecule has 0 aromatic carbocycles. The Bertz CT molecular complexity index is 605. The predicted octanol–water partition coefficient (Wildman–Crippen LogP) is 0.693. The minimum Gasteiger partial charge on any atom is -0.481 e. The van der Waals surface area contributed by atoms with Crippen LogP contribution in [0.4, 0.5) is 11.8 Å². The van der Waals surface area contributed by atoms with Gasteiger partial charge in [0.25, 0.3) is 0 Å². The van der Waals surface area contributed by atoms with Crippen LogP contribution in [0.5, 0.6) is 0 Å². The summed E-state index contributed by atoms with van der Waals surface area (Å²) in [4.78, 5) is 24.2. The number of rotatable bonds is 4. The molecule has 0 spiro atoms. The predicted molar refractivity (Wildman–Crippen MR) is 87.0 cm³/mol. The third kappa shape index (κ3) is 3.24. The fraction of sp³-hybridized carbons (Fsp3) is 0.688. The molecule has 0 radical (unpaired) electrons. The highest BCUT2D eigenvalue weighted by molar-refractivity contribution is 5.67. The van der Waals surface area contributed by atoms with Crippen LogP contribution in [0.2, 0.25) is 0 Å². The number of aliphatic carboxylic acids is 1. The lowest BCUT2D eigenvalue weighted by molar-refractivity contribution is -0.138. The van der Waals surface area contributed by atoms with E-state index in [0.717, 1.165) is 37.2 Å². The van der Waals surface area contributed by atoms with Crippen molar-refractivity contribution in [1.82, 2.24) is 9.97 Å². The number of aliphatic hydroxyl groups excluding tert-OH is 1. The molecule has 7 nitrogen and oxygen atoms in total. The number of aliphatic hydroxyl groups is 1. The third-order valence-corrected chi connectivity index (χ3v) is 4.69. The Morgan fingerprint density at radius 1 is 1.26 bits per heavy atom. The number of carboxylic acids is 1. The largest absolute Gasteiger partial charge is 0.481 e. The number of β-amino-alcohol motifs (C(OH)–C–C–N with tert-alkyl or cyclic N) is 1. The molecule has 1 aliphatic carbocycles. The van der Waals surface area contributed by atoms with Gasteiger partial charge in [-0.25, -0.2) is 4.98 Å². The number of fused-ring (bicyclic) bond motifs is 1. The Morgan fingerprint density at radius 3 is 2.70 bits per heavy atom. The van der Waals surface area contributed by atoms with Crippen molar-refractivity contribution in [1.29, 1.82) is 0 Å². The van der Waals surface area contributed by atoms with E-state index in [1.165, 1.54) is 5.56 Å². The smallest absolute Gasteiger partial charge is 0.303 e. The Balaban J connectivity index is 1.92. The molecule has 0 amide bonds. The summed E-state index contributed by atoms with van der Waals surface area (Å²) in [7, 11) is 3.83. The van der Waals surface area contributed by atoms with E-state index in [1.807, 2.05) is 23.9 Å². The maximum Gasteiger partial charge on any atom is 0.303 e. The molecule has 0 bridgehead atoms. The highest BCUT2D eigenvalue weighted by Gasteiger charge is 2.35. The molecule has 7 heteroatoms. The van der Waals surface area contributed by atoms with Gasteiger partial charge in [0.2, 0.25) is 5.95 Å². The molecular weight excluding hydrogens is 296 g/mol. The summed E-state index contributed by atoms with van der Waals surface area (Å²) in [5.74, 6) is 0.446. The van der Waals surface area contributed by atoms with Crippen LogP contribution in [0.3, 0.4) is 0 Å². The Hall–Kier alpha value is -1.89. The van der Waals surface area contributed by atoms with E-state index < -0.39 is 12.1 Å². The first kappa shape index (κ1) is 16.0. The van der Waals surface area contributed by atoms with Gasteiger partial charge in [-0.1, -0.05) is 0 Å². The summed E-state index contributed by atoms with van der Waals surface area (Å²) in [6.45, 7) is 0.970. The first-order valence-electron chi connectivity index (χ1n) is 8.17. The summed E-state index contributed by atoms with van der Waals surface area (Å²) in [5.41, 5.74) is 2.27. The highest BCUT2D eigenvalue weighted by atomic mass is 16.4. The van der Waals surface area contributed by atoms with Gasteiger partial charge in [-0.15, -0.1) is 0 Å². The molecule has 1 saturated heterocycles. The number of carboxylic acid groups (broad SMARTS) is 1. The number of nitrogens with zero attached hydrogens (tertiary/aromatic N) is 4. The minimum absolute atomic E-state index is 0.00845. The molecule has 126 valence electrons. The number of aromatic nitrogens is 2. The summed E-state index contributed by atoms with van der Waals surface area (Å²) < 4.78 is 0. The minimum atomic E-state index is -0.866. The van der Waals surface area contributed by atoms with Crippen molar-refractivity contribution in [2.75, 3.05) is 37.0 Å². The van der Waals surface area contributed by atoms with Gasteiger partial charge in [-0.05, 0) is 25.7 Å². The standard InChI is InChI=1S/C16H24N4O3/c1-19(2)16-17-12-6-4-3-5-11(12)15(18-16)20-8-10(7-14(22)23)13(21)9-20/h10,13,21H,3-9H2,1-2H3,(H,22,23)/t10-,13-/m1/s1. The fourth-order valence-electron chi connectivity index (χ4n) is 3.48. The van der Waals surface area contributed by atoms with Gasteiger partial charge in [-0.2, -0.15) is 4.98 Å². The van der Waals surface area contributed by atoms with Crippen molar-refractivity contribution in [3.05, 3.63) is 11.3 Å². The van der Waals surface area contributed by atoms with Crippen molar-refractivity contribution in [2.45, 2.75) is 38.2 Å². The second-order valence-corrected chi connectivity index (χ2v) is 6.70. The topological polar surface area (TPSA) is 89.8 Å². The zero-order chi connectivity index (χ0) is 16.6. The van der Waals surface area contributed by atoms with Crippen LogP contribution in [0.25, 0.3) is 0 Å². The number of hydrogen-bond acceptors (Lipinski definition) is 6. The first-order valence-corrected chi connectivity index (χ1v) is 8.17. The molecule has 0 saturated carbocycles. The zero-order valence-corrected chi connectivity index (χ0v) is 13.7. The van der Waals surface area contributed by atoms with Crippen molar-refractivity contribution < 1.29 is 15.0 Å².